The molecule has 0 spiro atoms. The van der Waals surface area contributed by atoms with E-state index >= 15 is 0 Å². The number of nitrogens with one attached hydrogen (secondary N) is 1. The van der Waals surface area contributed by atoms with Gasteiger partial charge in [0, 0.05) is 12.7 Å². The minimum absolute atomic E-state index is 0.210. The maximum absolute atomic E-state index is 11.6. The summed E-state index contributed by atoms with van der Waals surface area (Å²) in [6.07, 6.45) is 4.30. The van der Waals surface area contributed by atoms with E-state index in [1.807, 2.05) is 7.05 Å². The summed E-state index contributed by atoms with van der Waals surface area (Å²) >= 11 is 0. The van der Waals surface area contributed by atoms with Crippen LogP contribution in [0.4, 0.5) is 5.69 Å². The molecule has 1 saturated heterocycles. The number of anilines is 1. The van der Waals surface area contributed by atoms with Crippen molar-refractivity contribution in [2.24, 2.45) is 5.92 Å². The highest BCUT2D eigenvalue weighted by molar-refractivity contribution is 6.00. The average Bonchev–Trinajstić information content (AvgIpc) is 2.67. The van der Waals surface area contributed by atoms with Crippen LogP contribution in [0.15, 0.2) is 18.2 Å². The van der Waals surface area contributed by atoms with Gasteiger partial charge in [0.1, 0.15) is 0 Å². The van der Waals surface area contributed by atoms with Gasteiger partial charge in [-0.3, -0.25) is 4.79 Å². The molecule has 2 aliphatic heterocycles. The highest BCUT2D eigenvalue weighted by Gasteiger charge is 2.24. The van der Waals surface area contributed by atoms with E-state index in [2.05, 4.69) is 23.5 Å². The fourth-order valence-corrected chi connectivity index (χ4v) is 3.05. The number of benzene rings is 1. The SMILES string of the molecule is CN1C(=O)Cc2ccc(CC3CCCNC3)cc21. The number of carbonyl (C=O) groups is 1. The number of hydrogen-bond donors (Lipinski definition) is 1. The lowest BCUT2D eigenvalue weighted by molar-refractivity contribution is -0.117. The van der Waals surface area contributed by atoms with Gasteiger partial charge < -0.3 is 10.2 Å². The summed E-state index contributed by atoms with van der Waals surface area (Å²) in [6.45, 7) is 2.30. The van der Waals surface area contributed by atoms with Crippen molar-refractivity contribution in [2.45, 2.75) is 25.7 Å². The Morgan fingerprint density at radius 1 is 1.44 bits per heavy atom. The van der Waals surface area contributed by atoms with E-state index in [0.29, 0.717) is 6.42 Å². The Bertz CT molecular complexity index is 464. The third-order valence-electron chi connectivity index (χ3n) is 4.15. The van der Waals surface area contributed by atoms with Gasteiger partial charge in [-0.05, 0) is 55.5 Å². The number of nitrogens with zero attached hydrogens (tertiary/aromatic N) is 1. The third kappa shape index (κ3) is 2.15. The van der Waals surface area contributed by atoms with Crippen molar-refractivity contribution in [2.75, 3.05) is 25.0 Å². The smallest absolute Gasteiger partial charge is 0.231 e. The Morgan fingerprint density at radius 2 is 2.33 bits per heavy atom. The molecular weight excluding hydrogens is 224 g/mol. The van der Waals surface area contributed by atoms with E-state index in [9.17, 15) is 4.79 Å². The summed E-state index contributed by atoms with van der Waals surface area (Å²) in [5.41, 5.74) is 3.65. The molecule has 1 aromatic rings. The molecule has 1 N–H and O–H groups in total. The Labute approximate surface area is 108 Å². The van der Waals surface area contributed by atoms with Crippen molar-refractivity contribution < 1.29 is 4.79 Å². The lowest BCUT2D eigenvalue weighted by atomic mass is 9.92. The molecule has 2 aliphatic rings. The zero-order valence-corrected chi connectivity index (χ0v) is 10.9. The van der Waals surface area contributed by atoms with Crippen molar-refractivity contribution in [3.05, 3.63) is 29.3 Å². The van der Waals surface area contributed by atoms with Crippen LogP contribution in [0.25, 0.3) is 0 Å². The molecule has 96 valence electrons. The van der Waals surface area contributed by atoms with Crippen molar-refractivity contribution in [1.82, 2.24) is 5.32 Å². The second kappa shape index (κ2) is 4.73. The predicted molar refractivity (Wildman–Crippen MR) is 72.9 cm³/mol. The zero-order valence-electron chi connectivity index (χ0n) is 10.9. The Balaban J connectivity index is 1.76. The van der Waals surface area contributed by atoms with Gasteiger partial charge in [0.25, 0.3) is 0 Å². The lowest BCUT2D eigenvalue weighted by Gasteiger charge is -2.23. The molecule has 18 heavy (non-hydrogen) atoms. The summed E-state index contributed by atoms with van der Waals surface area (Å²) in [4.78, 5) is 13.4. The average molecular weight is 244 g/mol. The highest BCUT2D eigenvalue weighted by atomic mass is 16.2. The number of likely N-dealkylation sites (N-methyl/N-ethyl adjacent to an activating group) is 1. The fourth-order valence-electron chi connectivity index (χ4n) is 3.05. The second-order valence-corrected chi connectivity index (χ2v) is 5.51. The number of carbonyl (C=O) groups excluding carboxylic acids is 1. The van der Waals surface area contributed by atoms with Crippen LogP contribution < -0.4 is 10.2 Å². The van der Waals surface area contributed by atoms with Gasteiger partial charge in [-0.2, -0.15) is 0 Å². The summed E-state index contributed by atoms with van der Waals surface area (Å²) < 4.78 is 0. The molecular formula is C15H20N2O. The summed E-state index contributed by atoms with van der Waals surface area (Å²) in [5.74, 6) is 0.959. The van der Waals surface area contributed by atoms with E-state index in [1.165, 1.54) is 24.0 Å². The van der Waals surface area contributed by atoms with Gasteiger partial charge in [-0.15, -0.1) is 0 Å². The van der Waals surface area contributed by atoms with Gasteiger partial charge >= 0.3 is 0 Å². The van der Waals surface area contributed by atoms with Crippen LogP contribution in [0.3, 0.4) is 0 Å². The van der Waals surface area contributed by atoms with E-state index in [-0.39, 0.29) is 5.91 Å². The van der Waals surface area contributed by atoms with Gasteiger partial charge in [0.2, 0.25) is 5.91 Å². The van der Waals surface area contributed by atoms with E-state index in [4.69, 9.17) is 0 Å². The molecule has 0 aromatic heterocycles. The minimum Gasteiger partial charge on any atom is -0.316 e. The predicted octanol–water partition coefficient (Wildman–Crippen LogP) is 1.75. The molecule has 1 aromatic carbocycles. The largest absolute Gasteiger partial charge is 0.316 e. The lowest BCUT2D eigenvalue weighted by Crippen LogP contribution is -2.30. The number of amides is 1. The molecule has 0 saturated carbocycles. The van der Waals surface area contributed by atoms with Crippen LogP contribution in [0.1, 0.15) is 24.0 Å². The molecule has 3 heteroatoms. The number of piperidine rings is 1. The Morgan fingerprint density at radius 3 is 3.11 bits per heavy atom. The molecule has 2 heterocycles. The molecule has 1 unspecified atom stereocenters. The van der Waals surface area contributed by atoms with Crippen LogP contribution >= 0.6 is 0 Å². The van der Waals surface area contributed by atoms with Crippen LogP contribution in [0, 0.1) is 5.92 Å². The molecule has 3 nitrogen and oxygen atoms in total. The molecule has 0 bridgehead atoms. The van der Waals surface area contributed by atoms with Crippen LogP contribution in [0.2, 0.25) is 0 Å². The second-order valence-electron chi connectivity index (χ2n) is 5.51. The zero-order chi connectivity index (χ0) is 12.5. The molecule has 1 fully saturated rings. The maximum Gasteiger partial charge on any atom is 0.231 e. The Hall–Kier alpha value is -1.35. The highest BCUT2D eigenvalue weighted by Crippen LogP contribution is 2.29. The molecule has 1 atom stereocenters. The molecule has 3 rings (SSSR count). The van der Waals surface area contributed by atoms with Crippen LogP contribution in [-0.4, -0.2) is 26.0 Å². The summed E-state index contributed by atoms with van der Waals surface area (Å²) in [5, 5.41) is 3.46. The normalized spacial score (nSPS) is 23.3. The van der Waals surface area contributed by atoms with E-state index < -0.39 is 0 Å². The monoisotopic (exact) mass is 244 g/mol. The number of rotatable bonds is 2. The van der Waals surface area contributed by atoms with Crippen molar-refractivity contribution in [3.8, 4) is 0 Å². The van der Waals surface area contributed by atoms with Crippen molar-refractivity contribution in [1.29, 1.82) is 0 Å². The van der Waals surface area contributed by atoms with Gasteiger partial charge in [0.05, 0.1) is 6.42 Å². The van der Waals surface area contributed by atoms with Crippen LogP contribution in [0.5, 0.6) is 0 Å². The molecule has 0 aliphatic carbocycles. The van der Waals surface area contributed by atoms with Crippen molar-refractivity contribution >= 4 is 11.6 Å². The summed E-state index contributed by atoms with van der Waals surface area (Å²) in [7, 11) is 1.88. The molecule has 0 radical (unpaired) electrons. The topological polar surface area (TPSA) is 32.3 Å². The Kier molecular flexibility index (Phi) is 3.08. The van der Waals surface area contributed by atoms with Crippen LogP contribution in [-0.2, 0) is 17.6 Å². The first kappa shape index (κ1) is 11.7. The quantitative estimate of drug-likeness (QED) is 0.859. The van der Waals surface area contributed by atoms with Gasteiger partial charge in [-0.1, -0.05) is 12.1 Å². The first-order chi connectivity index (χ1) is 8.74. The van der Waals surface area contributed by atoms with Gasteiger partial charge in [0.15, 0.2) is 0 Å². The van der Waals surface area contributed by atoms with Crippen molar-refractivity contribution in [3.63, 3.8) is 0 Å². The maximum atomic E-state index is 11.6. The first-order valence-corrected chi connectivity index (χ1v) is 6.83. The van der Waals surface area contributed by atoms with Gasteiger partial charge in [-0.25, -0.2) is 0 Å². The molecule has 1 amide bonds. The first-order valence-electron chi connectivity index (χ1n) is 6.83. The third-order valence-corrected chi connectivity index (χ3v) is 4.15. The number of hydrogen-bond acceptors (Lipinski definition) is 2. The fraction of sp³-hybridized carbons (Fsp3) is 0.533. The minimum atomic E-state index is 0.210. The van der Waals surface area contributed by atoms with E-state index in [0.717, 1.165) is 31.1 Å². The standard InChI is InChI=1S/C15H20N2O/c1-17-14-8-11(4-5-13(14)9-15(17)18)7-12-3-2-6-16-10-12/h4-5,8,12,16H,2-3,6-7,9-10H2,1H3. The number of fused-ring (bicyclic) bond motifs is 1. The summed E-state index contributed by atoms with van der Waals surface area (Å²) in [6, 6.07) is 6.52. The van der Waals surface area contributed by atoms with E-state index in [1.54, 1.807) is 4.90 Å².